The van der Waals surface area contributed by atoms with Crippen LogP contribution in [0.2, 0.25) is 0 Å². The van der Waals surface area contributed by atoms with Crippen LogP contribution in [0.3, 0.4) is 0 Å². The molecule has 0 unspecified atom stereocenters. The predicted octanol–water partition coefficient (Wildman–Crippen LogP) is 1.71. The fourth-order valence-electron chi connectivity index (χ4n) is 3.64. The van der Waals surface area contributed by atoms with Crippen LogP contribution in [0.5, 0.6) is 0 Å². The average Bonchev–Trinajstić information content (AvgIpc) is 3.22. The average molecular weight is 500 g/mol. The van der Waals surface area contributed by atoms with Crippen LogP contribution in [0.25, 0.3) is 0 Å². The van der Waals surface area contributed by atoms with Crippen LogP contribution in [0, 0.1) is 6.92 Å². The molecule has 1 amide bonds. The molecule has 0 aliphatic carbocycles. The lowest BCUT2D eigenvalue weighted by Crippen LogP contribution is -2.54. The topological polar surface area (TPSA) is 64.1 Å². The molecular formula is C20H33IN6O. The van der Waals surface area contributed by atoms with E-state index in [-0.39, 0.29) is 29.9 Å². The number of rotatable bonds is 5. The highest BCUT2D eigenvalue weighted by Gasteiger charge is 2.24. The number of amides is 1. The summed E-state index contributed by atoms with van der Waals surface area (Å²) in [5, 5.41) is 3.40. The lowest BCUT2D eigenvalue weighted by Gasteiger charge is -2.36. The molecule has 2 fully saturated rings. The van der Waals surface area contributed by atoms with Crippen molar-refractivity contribution in [3.05, 3.63) is 29.6 Å². The number of guanidine groups is 1. The number of likely N-dealkylation sites (tertiary alicyclic amines) is 1. The highest BCUT2D eigenvalue weighted by molar-refractivity contribution is 14.0. The zero-order chi connectivity index (χ0) is 19.1. The van der Waals surface area contributed by atoms with Crippen molar-refractivity contribution in [3.8, 4) is 0 Å². The Kier molecular flexibility index (Phi) is 9.43. The van der Waals surface area contributed by atoms with E-state index in [0.717, 1.165) is 70.3 Å². The van der Waals surface area contributed by atoms with Crippen LogP contribution in [0.1, 0.15) is 31.0 Å². The summed E-state index contributed by atoms with van der Waals surface area (Å²) in [5.74, 6) is 1.22. The molecule has 3 heterocycles. The van der Waals surface area contributed by atoms with Crippen molar-refractivity contribution in [1.29, 1.82) is 0 Å². The highest BCUT2D eigenvalue weighted by atomic mass is 127. The van der Waals surface area contributed by atoms with E-state index in [9.17, 15) is 4.79 Å². The molecule has 2 saturated heterocycles. The van der Waals surface area contributed by atoms with Gasteiger partial charge in [0.15, 0.2) is 5.96 Å². The monoisotopic (exact) mass is 500 g/mol. The number of nitrogens with zero attached hydrogens (tertiary/aromatic N) is 5. The molecule has 0 saturated carbocycles. The zero-order valence-electron chi connectivity index (χ0n) is 17.1. The molecule has 0 atom stereocenters. The number of aryl methyl sites for hydroxylation is 1. The Morgan fingerprint density at radius 1 is 1.14 bits per heavy atom. The number of carbonyl (C=O) groups is 1. The molecule has 8 heteroatoms. The number of nitrogens with one attached hydrogen (secondary N) is 1. The summed E-state index contributed by atoms with van der Waals surface area (Å²) in [6, 6.07) is 4.03. The van der Waals surface area contributed by atoms with Gasteiger partial charge in [0.05, 0.1) is 18.8 Å². The van der Waals surface area contributed by atoms with E-state index in [2.05, 4.69) is 40.0 Å². The fraction of sp³-hybridized carbons (Fsp3) is 0.650. The smallest absolute Gasteiger partial charge is 0.236 e. The molecule has 1 N–H and O–H groups in total. The first-order valence-electron chi connectivity index (χ1n) is 10.1. The third-order valence-electron chi connectivity index (χ3n) is 5.32. The molecule has 28 heavy (non-hydrogen) atoms. The molecule has 1 aromatic rings. The van der Waals surface area contributed by atoms with Crippen molar-refractivity contribution in [3.63, 3.8) is 0 Å². The second kappa shape index (κ2) is 11.5. The molecule has 3 rings (SSSR count). The molecule has 7 nitrogen and oxygen atoms in total. The molecule has 0 radical (unpaired) electrons. The quantitative estimate of drug-likeness (QED) is 0.379. The Bertz CT molecular complexity index is 654. The van der Waals surface area contributed by atoms with Crippen LogP contribution < -0.4 is 5.32 Å². The summed E-state index contributed by atoms with van der Waals surface area (Å²) in [6.45, 7) is 11.6. The van der Waals surface area contributed by atoms with Crippen LogP contribution in [-0.4, -0.2) is 83.9 Å². The molecule has 0 bridgehead atoms. The minimum absolute atomic E-state index is 0. The van der Waals surface area contributed by atoms with Crippen LogP contribution in [-0.2, 0) is 11.3 Å². The van der Waals surface area contributed by atoms with Gasteiger partial charge in [-0.05, 0) is 38.3 Å². The SMILES string of the molecule is CCNC(=NCc1ncccc1C)N1CCN(CC(=O)N2CCCC2)CC1.I. The Morgan fingerprint density at radius 2 is 1.86 bits per heavy atom. The van der Waals surface area contributed by atoms with E-state index in [0.29, 0.717) is 13.1 Å². The lowest BCUT2D eigenvalue weighted by atomic mass is 10.2. The van der Waals surface area contributed by atoms with Crippen LogP contribution in [0.4, 0.5) is 0 Å². The number of carbonyl (C=O) groups excluding carboxylic acids is 1. The predicted molar refractivity (Wildman–Crippen MR) is 123 cm³/mol. The van der Waals surface area contributed by atoms with Crippen LogP contribution >= 0.6 is 24.0 Å². The standard InChI is InChI=1S/C20H32N6O.HI/c1-3-21-20(23-15-18-17(2)7-6-8-22-18)26-13-11-24(12-14-26)16-19(27)25-9-4-5-10-25;/h6-8H,3-5,9-16H2,1-2H3,(H,21,23);1H. The second-order valence-corrected chi connectivity index (χ2v) is 7.29. The van der Waals surface area contributed by atoms with Gasteiger partial charge in [0.25, 0.3) is 0 Å². The Labute approximate surface area is 185 Å². The van der Waals surface area contributed by atoms with Crippen molar-refractivity contribution in [2.24, 2.45) is 4.99 Å². The maximum Gasteiger partial charge on any atom is 0.236 e. The van der Waals surface area contributed by atoms with Crippen molar-refractivity contribution < 1.29 is 4.79 Å². The Hall–Kier alpha value is -1.42. The first-order chi connectivity index (χ1) is 13.2. The number of aliphatic imine (C=N–C) groups is 1. The van der Waals surface area contributed by atoms with Gasteiger partial charge in [0, 0.05) is 52.0 Å². The van der Waals surface area contributed by atoms with E-state index < -0.39 is 0 Å². The lowest BCUT2D eigenvalue weighted by molar-refractivity contribution is -0.131. The van der Waals surface area contributed by atoms with Gasteiger partial charge in [-0.1, -0.05) is 6.07 Å². The molecule has 0 aromatic carbocycles. The third kappa shape index (κ3) is 6.30. The first-order valence-corrected chi connectivity index (χ1v) is 10.1. The van der Waals surface area contributed by atoms with E-state index in [1.165, 1.54) is 5.56 Å². The van der Waals surface area contributed by atoms with Gasteiger partial charge in [-0.3, -0.25) is 14.7 Å². The third-order valence-corrected chi connectivity index (χ3v) is 5.32. The Morgan fingerprint density at radius 3 is 2.50 bits per heavy atom. The molecule has 2 aliphatic heterocycles. The summed E-state index contributed by atoms with van der Waals surface area (Å²) >= 11 is 0. The van der Waals surface area contributed by atoms with Gasteiger partial charge in [0.2, 0.25) is 5.91 Å². The molecule has 156 valence electrons. The number of hydrogen-bond donors (Lipinski definition) is 1. The number of hydrogen-bond acceptors (Lipinski definition) is 4. The summed E-state index contributed by atoms with van der Waals surface area (Å²) < 4.78 is 0. The number of halogens is 1. The summed E-state index contributed by atoms with van der Waals surface area (Å²) in [5.41, 5.74) is 2.19. The minimum atomic E-state index is 0. The molecule has 0 spiro atoms. The number of piperazine rings is 1. The second-order valence-electron chi connectivity index (χ2n) is 7.29. The largest absolute Gasteiger partial charge is 0.357 e. The van der Waals surface area contributed by atoms with Crippen molar-refractivity contribution >= 4 is 35.8 Å². The summed E-state index contributed by atoms with van der Waals surface area (Å²) in [6.07, 6.45) is 4.12. The van der Waals surface area contributed by atoms with Gasteiger partial charge in [-0.2, -0.15) is 0 Å². The summed E-state index contributed by atoms with van der Waals surface area (Å²) in [4.78, 5) is 28.1. The van der Waals surface area contributed by atoms with Gasteiger partial charge in [0.1, 0.15) is 0 Å². The van der Waals surface area contributed by atoms with Crippen molar-refractivity contribution in [1.82, 2.24) is 25.0 Å². The first kappa shape index (κ1) is 22.9. The fourth-order valence-corrected chi connectivity index (χ4v) is 3.64. The number of aromatic nitrogens is 1. The molecule has 1 aromatic heterocycles. The minimum Gasteiger partial charge on any atom is -0.357 e. The Balaban J connectivity index is 0.00000280. The maximum absolute atomic E-state index is 12.4. The van der Waals surface area contributed by atoms with Gasteiger partial charge < -0.3 is 15.1 Å². The van der Waals surface area contributed by atoms with Gasteiger partial charge >= 0.3 is 0 Å². The summed E-state index contributed by atoms with van der Waals surface area (Å²) in [7, 11) is 0. The van der Waals surface area contributed by atoms with Crippen molar-refractivity contribution in [2.75, 3.05) is 52.4 Å². The van der Waals surface area contributed by atoms with Gasteiger partial charge in [-0.25, -0.2) is 4.99 Å². The zero-order valence-corrected chi connectivity index (χ0v) is 19.4. The number of pyridine rings is 1. The van der Waals surface area contributed by atoms with E-state index >= 15 is 0 Å². The van der Waals surface area contributed by atoms with E-state index in [1.807, 2.05) is 17.2 Å². The van der Waals surface area contributed by atoms with Crippen molar-refractivity contribution in [2.45, 2.75) is 33.2 Å². The molecule has 2 aliphatic rings. The maximum atomic E-state index is 12.4. The molecular weight excluding hydrogens is 467 g/mol. The van der Waals surface area contributed by atoms with E-state index in [1.54, 1.807) is 0 Å². The van der Waals surface area contributed by atoms with E-state index in [4.69, 9.17) is 4.99 Å². The normalized spacial score (nSPS) is 18.1. The van der Waals surface area contributed by atoms with Crippen LogP contribution in [0.15, 0.2) is 23.3 Å². The highest BCUT2D eigenvalue weighted by Crippen LogP contribution is 2.10. The van der Waals surface area contributed by atoms with Gasteiger partial charge in [-0.15, -0.1) is 24.0 Å².